The van der Waals surface area contributed by atoms with Gasteiger partial charge in [-0.3, -0.25) is 0 Å². The third kappa shape index (κ3) is 21.9. The minimum atomic E-state index is -1.42. The molecule has 0 N–H and O–H groups in total. The molecule has 0 radical (unpaired) electrons. The van der Waals surface area contributed by atoms with E-state index in [1.807, 2.05) is 0 Å². The van der Waals surface area contributed by atoms with Gasteiger partial charge >= 0.3 is 35.0 Å². The predicted molar refractivity (Wildman–Crippen MR) is 58.1 cm³/mol. The first-order valence-corrected chi connectivity index (χ1v) is 4.27. The first kappa shape index (κ1) is 22.3. The van der Waals surface area contributed by atoms with Crippen molar-refractivity contribution < 1.29 is 38.9 Å². The maximum absolute atomic E-state index is 10.1. The maximum atomic E-state index is 10.1. The molecule has 0 heterocycles. The summed E-state index contributed by atoms with van der Waals surface area (Å²) < 4.78 is 8.17. The van der Waals surface area contributed by atoms with Gasteiger partial charge in [0.1, 0.15) is 0 Å². The number of hydrogen-bond donors (Lipinski definition) is 0. The van der Waals surface area contributed by atoms with E-state index in [2.05, 4.69) is 9.47 Å². The van der Waals surface area contributed by atoms with E-state index in [1.165, 1.54) is 0 Å². The van der Waals surface area contributed by atoms with E-state index in [0.29, 0.717) is 12.2 Å². The van der Waals surface area contributed by atoms with Gasteiger partial charge in [-0.15, -0.1) is 0 Å². The first-order chi connectivity index (χ1) is 8.33. The van der Waals surface area contributed by atoms with E-state index in [-0.39, 0.29) is 23.1 Å². The van der Waals surface area contributed by atoms with Gasteiger partial charge in [-0.05, 0) is 12.2 Å². The molecule has 8 nitrogen and oxygen atoms in total. The number of aliphatic carboxylic acids is 2. The number of carboxylic acid groups (broad SMARTS) is 2. The van der Waals surface area contributed by atoms with Crippen LogP contribution in [0.5, 0.6) is 0 Å². The molecule has 0 aliphatic rings. The van der Waals surface area contributed by atoms with Crippen LogP contribution in [0.15, 0.2) is 24.3 Å². The SMILES string of the molecule is COC(=O)/C=C/C(=O)[O-].COC(=O)/C=C/C(=O)[O-].[Mg+2]. The quantitative estimate of drug-likeness (QED) is 0.295. The molecule has 0 fully saturated rings. The summed E-state index contributed by atoms with van der Waals surface area (Å²) in [6.07, 6.45) is 2.75. The van der Waals surface area contributed by atoms with Gasteiger partial charge in [-0.1, -0.05) is 0 Å². The van der Waals surface area contributed by atoms with Crippen LogP contribution in [-0.2, 0) is 28.7 Å². The second kappa shape index (κ2) is 14.2. The average Bonchev–Trinajstić information content (AvgIpc) is 2.33. The second-order valence-corrected chi connectivity index (χ2v) is 2.35. The number of hydrogen-bond acceptors (Lipinski definition) is 8. The standard InChI is InChI=1S/2C5H6O4.Mg/c2*1-9-5(8)3-2-4(6)7;/h2*2-3H,1H3,(H,6,7);/q;;+2/p-2/b2*3-2+;. The third-order valence-corrected chi connectivity index (χ3v) is 1.11. The number of carbonyl (C=O) groups excluding carboxylic acids is 4. The normalized spacial score (nSPS) is 8.95. The van der Waals surface area contributed by atoms with Crippen molar-refractivity contribution in [2.45, 2.75) is 0 Å². The molecule has 0 aromatic carbocycles. The van der Waals surface area contributed by atoms with Crippen molar-refractivity contribution in [1.29, 1.82) is 0 Å². The van der Waals surface area contributed by atoms with Crippen LogP contribution >= 0.6 is 0 Å². The first-order valence-electron chi connectivity index (χ1n) is 4.27. The third-order valence-electron chi connectivity index (χ3n) is 1.11. The van der Waals surface area contributed by atoms with Crippen LogP contribution in [0, 0.1) is 0 Å². The Morgan fingerprint density at radius 3 is 1.16 bits per heavy atom. The molecule has 0 spiro atoms. The number of ether oxygens (including phenoxy) is 2. The molecule has 0 atom stereocenters. The van der Waals surface area contributed by atoms with E-state index in [9.17, 15) is 29.4 Å². The van der Waals surface area contributed by atoms with Gasteiger partial charge < -0.3 is 29.3 Å². The molecule has 19 heavy (non-hydrogen) atoms. The zero-order valence-corrected chi connectivity index (χ0v) is 11.7. The summed E-state index contributed by atoms with van der Waals surface area (Å²) in [4.78, 5) is 39.5. The molecule has 0 saturated carbocycles. The van der Waals surface area contributed by atoms with Crippen LogP contribution in [0.3, 0.4) is 0 Å². The van der Waals surface area contributed by atoms with Gasteiger partial charge in [0.2, 0.25) is 0 Å². The molecular weight excluding hydrogens is 272 g/mol. The summed E-state index contributed by atoms with van der Waals surface area (Å²) in [7, 11) is 2.31. The largest absolute Gasteiger partial charge is 2.00 e. The van der Waals surface area contributed by atoms with Gasteiger partial charge in [0.15, 0.2) is 0 Å². The summed E-state index contributed by atoms with van der Waals surface area (Å²) in [6.45, 7) is 0. The predicted octanol–water partition coefficient (Wildman–Crippen LogP) is -3.45. The summed E-state index contributed by atoms with van der Waals surface area (Å²) in [5.41, 5.74) is 0. The zero-order chi connectivity index (χ0) is 14.6. The molecule has 100 valence electrons. The number of rotatable bonds is 4. The zero-order valence-electron chi connectivity index (χ0n) is 10.3. The van der Waals surface area contributed by atoms with Crippen LogP contribution in [0.25, 0.3) is 0 Å². The molecule has 0 saturated heterocycles. The van der Waals surface area contributed by atoms with E-state index in [4.69, 9.17) is 0 Å². The van der Waals surface area contributed by atoms with Crippen LogP contribution in [0.4, 0.5) is 0 Å². The average molecular weight is 282 g/mol. The van der Waals surface area contributed by atoms with Crippen LogP contribution in [-0.4, -0.2) is 61.1 Å². The number of methoxy groups -OCH3 is 2. The number of esters is 2. The Balaban J connectivity index is -0.000000256. The minimum Gasteiger partial charge on any atom is -0.545 e. The fourth-order valence-corrected chi connectivity index (χ4v) is 0.408. The molecule has 0 amide bonds. The van der Waals surface area contributed by atoms with Crippen LogP contribution in [0.2, 0.25) is 0 Å². The summed E-state index contributed by atoms with van der Waals surface area (Å²) in [5, 5.41) is 19.2. The fourth-order valence-electron chi connectivity index (χ4n) is 0.408. The van der Waals surface area contributed by atoms with Crippen molar-refractivity contribution in [2.24, 2.45) is 0 Å². The van der Waals surface area contributed by atoms with E-state index < -0.39 is 23.9 Å². The molecule has 0 bridgehead atoms. The Kier molecular flexibility index (Phi) is 16.7. The fraction of sp³-hybridized carbons (Fsp3) is 0.200. The summed E-state index contributed by atoms with van der Waals surface area (Å²) >= 11 is 0. The van der Waals surface area contributed by atoms with Crippen molar-refractivity contribution in [3.05, 3.63) is 24.3 Å². The number of carbonyl (C=O) groups is 4. The van der Waals surface area contributed by atoms with Gasteiger partial charge in [-0.25, -0.2) is 9.59 Å². The van der Waals surface area contributed by atoms with Crippen molar-refractivity contribution in [3.63, 3.8) is 0 Å². The molecule has 0 aromatic rings. The van der Waals surface area contributed by atoms with Crippen LogP contribution < -0.4 is 10.2 Å². The number of carboxylic acids is 2. The Bertz CT molecular complexity index is 336. The Morgan fingerprint density at radius 1 is 0.737 bits per heavy atom. The van der Waals surface area contributed by atoms with Crippen molar-refractivity contribution in [1.82, 2.24) is 0 Å². The van der Waals surface area contributed by atoms with Crippen molar-refractivity contribution in [2.75, 3.05) is 14.2 Å². The monoisotopic (exact) mass is 282 g/mol. The molecule has 0 rings (SSSR count). The summed E-state index contributed by atoms with van der Waals surface area (Å²) in [6, 6.07) is 0. The molecule has 0 aliphatic carbocycles. The van der Waals surface area contributed by atoms with Crippen molar-refractivity contribution in [3.8, 4) is 0 Å². The van der Waals surface area contributed by atoms with Crippen molar-refractivity contribution >= 4 is 46.9 Å². The van der Waals surface area contributed by atoms with E-state index >= 15 is 0 Å². The van der Waals surface area contributed by atoms with Gasteiger partial charge in [-0.2, -0.15) is 0 Å². The van der Waals surface area contributed by atoms with E-state index in [1.54, 1.807) is 0 Å². The summed E-state index contributed by atoms with van der Waals surface area (Å²) in [5.74, 6) is -4.25. The van der Waals surface area contributed by atoms with Gasteiger partial charge in [0, 0.05) is 12.2 Å². The van der Waals surface area contributed by atoms with E-state index in [0.717, 1.165) is 26.4 Å². The van der Waals surface area contributed by atoms with Crippen LogP contribution in [0.1, 0.15) is 0 Å². The second-order valence-electron chi connectivity index (χ2n) is 2.35. The van der Waals surface area contributed by atoms with Gasteiger partial charge in [0.25, 0.3) is 0 Å². The van der Waals surface area contributed by atoms with Gasteiger partial charge in [0.05, 0.1) is 26.2 Å². The molecular formula is C10H10MgO8. The smallest absolute Gasteiger partial charge is 0.545 e. The molecule has 0 aliphatic heterocycles. The Morgan fingerprint density at radius 2 is 1.00 bits per heavy atom. The Hall–Kier alpha value is -1.87. The molecule has 9 heteroatoms. The maximum Gasteiger partial charge on any atom is 2.00 e. The minimum absolute atomic E-state index is 0. The Labute approximate surface area is 124 Å². The topological polar surface area (TPSA) is 133 Å². The molecule has 0 unspecified atom stereocenters. The molecule has 0 aromatic heterocycles.